The van der Waals surface area contributed by atoms with Crippen LogP contribution < -0.4 is 5.32 Å². The second kappa shape index (κ2) is 13.9. The quantitative estimate of drug-likeness (QED) is 0.340. The summed E-state index contributed by atoms with van der Waals surface area (Å²) in [5.41, 5.74) is 4.18. The lowest BCUT2D eigenvalue weighted by molar-refractivity contribution is -0.0375. The van der Waals surface area contributed by atoms with Crippen LogP contribution in [-0.2, 0) is 32.6 Å². The van der Waals surface area contributed by atoms with Gasteiger partial charge in [0.15, 0.2) is 6.23 Å². The number of benzene rings is 2. The summed E-state index contributed by atoms with van der Waals surface area (Å²) in [7, 11) is -4.28. The topological polar surface area (TPSA) is 106 Å². The minimum atomic E-state index is -4.28. The zero-order valence-electron chi connectivity index (χ0n) is 24.2. The van der Waals surface area contributed by atoms with E-state index in [0.717, 1.165) is 49.9 Å². The first-order chi connectivity index (χ1) is 19.2. The van der Waals surface area contributed by atoms with Crippen molar-refractivity contribution in [3.8, 4) is 0 Å². The van der Waals surface area contributed by atoms with Gasteiger partial charge >= 0.3 is 0 Å². The van der Waals surface area contributed by atoms with Gasteiger partial charge in [-0.1, -0.05) is 32.9 Å². The highest BCUT2D eigenvalue weighted by molar-refractivity contribution is 7.85. The maximum atomic E-state index is 11.6. The molecule has 0 bridgehead atoms. The Labute approximate surface area is 238 Å². The van der Waals surface area contributed by atoms with Crippen molar-refractivity contribution in [1.29, 1.82) is 0 Å². The third kappa shape index (κ3) is 8.04. The number of anilines is 1. The Morgan fingerprint density at radius 2 is 1.90 bits per heavy atom. The van der Waals surface area contributed by atoms with E-state index in [0.29, 0.717) is 43.8 Å². The highest BCUT2D eigenvalue weighted by atomic mass is 32.2. The first-order valence-corrected chi connectivity index (χ1v) is 15.8. The zero-order chi connectivity index (χ0) is 28.7. The van der Waals surface area contributed by atoms with Crippen LogP contribution in [0.4, 0.5) is 5.69 Å². The summed E-state index contributed by atoms with van der Waals surface area (Å²) in [5, 5.41) is 9.08. The molecule has 2 saturated heterocycles. The summed E-state index contributed by atoms with van der Waals surface area (Å²) in [6, 6.07) is 13.6. The van der Waals surface area contributed by atoms with Crippen molar-refractivity contribution in [2.24, 2.45) is 5.92 Å². The van der Waals surface area contributed by atoms with Crippen molar-refractivity contribution >= 4 is 26.7 Å². The van der Waals surface area contributed by atoms with Gasteiger partial charge in [0.05, 0.1) is 29.3 Å². The van der Waals surface area contributed by atoms with Crippen LogP contribution in [0.25, 0.3) is 10.9 Å². The molecular formula is C30H44N4O5S. The smallest absolute Gasteiger partial charge is 0.294 e. The molecule has 0 saturated carbocycles. The highest BCUT2D eigenvalue weighted by Gasteiger charge is 2.25. The van der Waals surface area contributed by atoms with Gasteiger partial charge in [-0.3, -0.25) is 9.45 Å². The van der Waals surface area contributed by atoms with Crippen LogP contribution in [0, 0.1) is 5.92 Å². The van der Waals surface area contributed by atoms with E-state index in [1.165, 1.54) is 23.4 Å². The Balaban J connectivity index is 0.000000240. The van der Waals surface area contributed by atoms with Crippen molar-refractivity contribution < 1.29 is 22.4 Å². The number of aryl methyl sites for hydroxylation is 1. The fourth-order valence-corrected chi connectivity index (χ4v) is 5.47. The van der Waals surface area contributed by atoms with E-state index >= 15 is 0 Å². The van der Waals surface area contributed by atoms with E-state index in [4.69, 9.17) is 14.6 Å². The lowest BCUT2D eigenvalue weighted by Crippen LogP contribution is -2.43. The molecule has 2 atom stereocenters. The summed E-state index contributed by atoms with van der Waals surface area (Å²) in [6.45, 7) is 13.3. The van der Waals surface area contributed by atoms with E-state index in [1.54, 1.807) is 10.7 Å². The molecule has 40 heavy (non-hydrogen) atoms. The Morgan fingerprint density at radius 1 is 1.12 bits per heavy atom. The average molecular weight is 573 g/mol. The fourth-order valence-electron chi connectivity index (χ4n) is 4.97. The van der Waals surface area contributed by atoms with Crippen molar-refractivity contribution in [3.63, 3.8) is 0 Å². The summed E-state index contributed by atoms with van der Waals surface area (Å²) >= 11 is 0. The molecule has 2 aromatic carbocycles. The van der Waals surface area contributed by atoms with Crippen molar-refractivity contribution in [2.45, 2.75) is 77.1 Å². The van der Waals surface area contributed by atoms with E-state index in [2.05, 4.69) is 62.2 Å². The first-order valence-electron chi connectivity index (χ1n) is 14.4. The number of fused-ring (bicyclic) bond motifs is 1. The van der Waals surface area contributed by atoms with Gasteiger partial charge in [0, 0.05) is 43.4 Å². The van der Waals surface area contributed by atoms with Crippen LogP contribution in [0.15, 0.2) is 47.4 Å². The molecule has 9 nitrogen and oxygen atoms in total. The van der Waals surface area contributed by atoms with Crippen LogP contribution in [0.3, 0.4) is 0 Å². The molecule has 1 aromatic heterocycles. The van der Waals surface area contributed by atoms with E-state index in [-0.39, 0.29) is 11.1 Å². The number of morpholine rings is 1. The molecule has 0 aliphatic carbocycles. The second-order valence-corrected chi connectivity index (χ2v) is 12.5. The Hall–Kier alpha value is -2.50. The Morgan fingerprint density at radius 3 is 2.52 bits per heavy atom. The molecule has 2 fully saturated rings. The summed E-state index contributed by atoms with van der Waals surface area (Å²) < 4.78 is 45.8. The minimum absolute atomic E-state index is 0.127. The zero-order valence-corrected chi connectivity index (χ0v) is 25.0. The first kappa shape index (κ1) is 30.5. The van der Waals surface area contributed by atoms with E-state index < -0.39 is 10.1 Å². The molecule has 2 aliphatic rings. The number of nitrogens with zero attached hydrogens (tertiary/aromatic N) is 3. The molecule has 220 valence electrons. The van der Waals surface area contributed by atoms with Gasteiger partial charge in [-0.2, -0.15) is 13.5 Å². The summed E-state index contributed by atoms with van der Waals surface area (Å²) in [4.78, 5) is 2.19. The third-order valence-corrected chi connectivity index (χ3v) is 8.27. The molecule has 0 spiro atoms. The lowest BCUT2D eigenvalue weighted by Gasteiger charge is -2.32. The standard InChI is InChI=1S/C18H25N3O5S.C12H19N/c1-13-12-25-9-7-20(13)11-16-15-6-5-14(27(22,23)24)10-17(15)21(19-16)18-4-2-3-8-26-18;1-4-11-5-7-12(8-6-11)13-9-10(2)3/h5-6,10,13,18H,2-4,7-9,11-12H2,1H3,(H,22,23,24);5-8,10,13H,4,9H2,1-3H3/t13-,18?;/m0./s1. The predicted molar refractivity (Wildman–Crippen MR) is 158 cm³/mol. The number of hydrogen-bond donors (Lipinski definition) is 2. The number of hydrogen-bond acceptors (Lipinski definition) is 7. The largest absolute Gasteiger partial charge is 0.385 e. The van der Waals surface area contributed by atoms with Crippen LogP contribution in [0.5, 0.6) is 0 Å². The third-order valence-electron chi connectivity index (χ3n) is 7.42. The molecular weight excluding hydrogens is 528 g/mol. The molecule has 3 aromatic rings. The van der Waals surface area contributed by atoms with Crippen LogP contribution in [-0.4, -0.2) is 66.6 Å². The van der Waals surface area contributed by atoms with Gasteiger partial charge < -0.3 is 14.8 Å². The maximum absolute atomic E-state index is 11.6. The van der Waals surface area contributed by atoms with Crippen LogP contribution in [0.2, 0.25) is 0 Å². The van der Waals surface area contributed by atoms with Crippen molar-refractivity contribution in [1.82, 2.24) is 14.7 Å². The van der Waals surface area contributed by atoms with Gasteiger partial charge in [0.2, 0.25) is 0 Å². The van der Waals surface area contributed by atoms with Gasteiger partial charge in [-0.25, -0.2) is 4.68 Å². The highest BCUT2D eigenvalue weighted by Crippen LogP contribution is 2.30. The summed E-state index contributed by atoms with van der Waals surface area (Å²) in [6.07, 6.45) is 3.79. The van der Waals surface area contributed by atoms with Gasteiger partial charge in [0.25, 0.3) is 10.1 Å². The molecule has 2 N–H and O–H groups in total. The molecule has 10 heteroatoms. The van der Waals surface area contributed by atoms with Crippen LogP contribution in [0.1, 0.15) is 64.4 Å². The molecule has 3 heterocycles. The van der Waals surface area contributed by atoms with Gasteiger partial charge in [0.1, 0.15) is 0 Å². The molecule has 0 radical (unpaired) electrons. The maximum Gasteiger partial charge on any atom is 0.294 e. The normalized spacial score (nSPS) is 20.4. The van der Waals surface area contributed by atoms with E-state index in [1.807, 2.05) is 0 Å². The van der Waals surface area contributed by atoms with Gasteiger partial charge in [-0.15, -0.1) is 0 Å². The van der Waals surface area contributed by atoms with Crippen molar-refractivity contribution in [2.75, 3.05) is 38.2 Å². The number of aromatic nitrogens is 2. The van der Waals surface area contributed by atoms with Gasteiger partial charge in [-0.05, 0) is 74.4 Å². The number of ether oxygens (including phenoxy) is 2. The lowest BCUT2D eigenvalue weighted by atomic mass is 10.1. The molecule has 0 amide bonds. The molecule has 1 unspecified atom stereocenters. The molecule has 5 rings (SSSR count). The fraction of sp³-hybridized carbons (Fsp3) is 0.567. The number of nitrogens with one attached hydrogen (secondary N) is 1. The Bertz CT molecular complexity index is 1330. The second-order valence-electron chi connectivity index (χ2n) is 11.1. The van der Waals surface area contributed by atoms with Crippen molar-refractivity contribution in [3.05, 3.63) is 53.7 Å². The summed E-state index contributed by atoms with van der Waals surface area (Å²) in [5.74, 6) is 0.700. The predicted octanol–water partition coefficient (Wildman–Crippen LogP) is 5.52. The monoisotopic (exact) mass is 572 g/mol. The SMILES string of the molecule is CCc1ccc(NCC(C)C)cc1.C[C@H]1COCCN1Cc1nn(C2CCCCO2)c2cc(S(=O)(=O)O)ccc12. The number of rotatable bonds is 8. The Kier molecular flexibility index (Phi) is 10.6. The molecule has 2 aliphatic heterocycles. The van der Waals surface area contributed by atoms with E-state index in [9.17, 15) is 13.0 Å². The van der Waals surface area contributed by atoms with Crippen LogP contribution >= 0.6 is 0 Å². The average Bonchev–Trinajstić information content (AvgIpc) is 3.31. The minimum Gasteiger partial charge on any atom is -0.385 e.